The van der Waals surface area contributed by atoms with Crippen LogP contribution in [0.4, 0.5) is 0 Å². The molecule has 1 aromatic heterocycles. The molecule has 3 aromatic rings. The Bertz CT molecular complexity index is 1630. The van der Waals surface area contributed by atoms with Crippen molar-refractivity contribution in [3.63, 3.8) is 0 Å². The first-order valence-electron chi connectivity index (χ1n) is 16.0. The number of para-hydroxylation sites is 1. The summed E-state index contributed by atoms with van der Waals surface area (Å²) >= 11 is 3.60. The minimum absolute atomic E-state index is 0.0439. The van der Waals surface area contributed by atoms with Crippen LogP contribution >= 0.6 is 15.9 Å². The summed E-state index contributed by atoms with van der Waals surface area (Å²) in [6, 6.07) is 11.2. The number of amides is 3. The van der Waals surface area contributed by atoms with Crippen molar-refractivity contribution in [1.29, 1.82) is 0 Å². The number of benzene rings is 2. The molecule has 0 unspecified atom stereocenters. The number of aromatic nitrogens is 1. The van der Waals surface area contributed by atoms with Gasteiger partial charge in [-0.3, -0.25) is 19.2 Å². The second kappa shape index (κ2) is 15.6. The first-order chi connectivity index (χ1) is 22.2. The number of halogens is 1. The predicted molar refractivity (Wildman–Crippen MR) is 184 cm³/mol. The van der Waals surface area contributed by atoms with Gasteiger partial charge in [-0.2, -0.15) is 0 Å². The van der Waals surface area contributed by atoms with Crippen molar-refractivity contribution in [2.24, 2.45) is 11.8 Å². The number of allylic oxidation sites excluding steroid dienone is 2. The molecule has 0 saturated heterocycles. The van der Waals surface area contributed by atoms with Gasteiger partial charge in [0.05, 0.1) is 23.2 Å². The molecule has 0 fully saturated rings. The van der Waals surface area contributed by atoms with E-state index in [9.17, 15) is 24.3 Å². The lowest BCUT2D eigenvalue weighted by Gasteiger charge is -2.31. The molecule has 2 aromatic carbocycles. The predicted octanol–water partition coefficient (Wildman–Crippen LogP) is 5.70. The van der Waals surface area contributed by atoms with Gasteiger partial charge in [0.1, 0.15) is 17.8 Å². The lowest BCUT2D eigenvalue weighted by molar-refractivity contribution is -0.149. The van der Waals surface area contributed by atoms with Crippen LogP contribution in [-0.4, -0.2) is 63.9 Å². The summed E-state index contributed by atoms with van der Waals surface area (Å²) in [5.74, 6) is -1.93. The number of phenolic OH excluding ortho intramolecular Hbond substituents is 1. The highest BCUT2D eigenvalue weighted by Gasteiger charge is 2.34. The molecular formula is C36H45BrN4O6. The van der Waals surface area contributed by atoms with Crippen LogP contribution in [0.3, 0.4) is 0 Å². The summed E-state index contributed by atoms with van der Waals surface area (Å²) in [5.41, 5.74) is 3.29. The molecule has 1 aliphatic rings. The average molecular weight is 710 g/mol. The van der Waals surface area contributed by atoms with Gasteiger partial charge in [-0.1, -0.05) is 55.8 Å². The maximum Gasteiger partial charge on any atom is 0.308 e. The molecule has 1 aliphatic heterocycles. The Balaban J connectivity index is 1.74. The van der Waals surface area contributed by atoms with E-state index in [0.29, 0.717) is 23.0 Å². The van der Waals surface area contributed by atoms with Gasteiger partial charge < -0.3 is 30.4 Å². The number of cyclic esters (lactones) is 1. The summed E-state index contributed by atoms with van der Waals surface area (Å²) in [4.78, 5) is 59.2. The largest absolute Gasteiger partial charge is 0.508 e. The zero-order chi connectivity index (χ0) is 34.4. The van der Waals surface area contributed by atoms with E-state index in [1.165, 1.54) is 17.0 Å². The zero-order valence-corrected chi connectivity index (χ0v) is 29.4. The monoisotopic (exact) mass is 708 g/mol. The molecular weight excluding hydrogens is 664 g/mol. The number of ether oxygens (including phenoxy) is 1. The number of nitrogens with one attached hydrogen (secondary N) is 3. The highest BCUT2D eigenvalue weighted by molar-refractivity contribution is 9.10. The van der Waals surface area contributed by atoms with Gasteiger partial charge in [-0.05, 0) is 84.8 Å². The number of hydrogen-bond acceptors (Lipinski definition) is 6. The number of likely N-dealkylation sites (N-methyl/N-ethyl adjacent to an activating group) is 1. The Kier molecular flexibility index (Phi) is 11.9. The Hall–Kier alpha value is -4.12. The molecule has 6 atom stereocenters. The molecule has 0 radical (unpaired) electrons. The molecule has 2 heterocycles. The highest BCUT2D eigenvalue weighted by atomic mass is 79.9. The SMILES string of the molecule is C/C1=C\[C@H](C)C[C@H](C)OC(=O)C[C@H](c2ccc(O)cc2)NC(=O)[C@@H](Cc2c(Br)[nH]c3ccccc23)N(C)C(=O)[C@H](C)NC(=O)[C@@H](C)C1. The Labute approximate surface area is 284 Å². The topological polar surface area (TPSA) is 141 Å². The number of esters is 1. The fraction of sp³-hybridized carbons (Fsp3) is 0.444. The van der Waals surface area contributed by atoms with Crippen molar-refractivity contribution in [2.45, 2.75) is 84.5 Å². The summed E-state index contributed by atoms with van der Waals surface area (Å²) < 4.78 is 6.47. The first-order valence-corrected chi connectivity index (χ1v) is 16.8. The molecule has 0 bridgehead atoms. The summed E-state index contributed by atoms with van der Waals surface area (Å²) in [7, 11) is 1.55. The van der Waals surface area contributed by atoms with Crippen LogP contribution in [0, 0.1) is 11.8 Å². The number of hydrogen-bond donors (Lipinski definition) is 4. The second-order valence-electron chi connectivity index (χ2n) is 12.9. The van der Waals surface area contributed by atoms with Gasteiger partial charge >= 0.3 is 5.97 Å². The number of H-pyrrole nitrogens is 1. The molecule has 4 rings (SSSR count). The van der Waals surface area contributed by atoms with Crippen molar-refractivity contribution in [3.8, 4) is 5.75 Å². The highest BCUT2D eigenvalue weighted by Crippen LogP contribution is 2.29. The number of carbonyl (C=O) groups is 4. The van der Waals surface area contributed by atoms with E-state index in [1.807, 2.05) is 52.0 Å². The molecule has 47 heavy (non-hydrogen) atoms. The third-order valence-corrected chi connectivity index (χ3v) is 9.35. The van der Waals surface area contributed by atoms with E-state index in [0.717, 1.165) is 22.0 Å². The number of rotatable bonds is 3. The first kappa shape index (κ1) is 35.7. The third kappa shape index (κ3) is 9.24. The minimum atomic E-state index is -1.02. The van der Waals surface area contributed by atoms with E-state index in [2.05, 4.69) is 37.6 Å². The molecule has 252 valence electrons. The maximum absolute atomic E-state index is 14.3. The number of fused-ring (bicyclic) bond motifs is 1. The minimum Gasteiger partial charge on any atom is -0.508 e. The fourth-order valence-electron chi connectivity index (χ4n) is 6.28. The van der Waals surface area contributed by atoms with E-state index < -0.39 is 42.0 Å². The molecule has 0 spiro atoms. The van der Waals surface area contributed by atoms with Crippen molar-refractivity contribution in [1.82, 2.24) is 20.5 Å². The lowest BCUT2D eigenvalue weighted by Crippen LogP contribution is -2.55. The van der Waals surface area contributed by atoms with Crippen molar-refractivity contribution >= 4 is 50.5 Å². The summed E-state index contributed by atoms with van der Waals surface area (Å²) in [6.07, 6.45) is 2.76. The smallest absolute Gasteiger partial charge is 0.308 e. The zero-order valence-electron chi connectivity index (χ0n) is 27.8. The van der Waals surface area contributed by atoms with Crippen LogP contribution in [0.2, 0.25) is 0 Å². The van der Waals surface area contributed by atoms with Gasteiger partial charge in [0, 0.05) is 30.3 Å². The van der Waals surface area contributed by atoms with Gasteiger partial charge in [-0.15, -0.1) is 0 Å². The normalized spacial score (nSPS) is 27.1. The fourth-order valence-corrected chi connectivity index (χ4v) is 6.87. The summed E-state index contributed by atoms with van der Waals surface area (Å²) in [6.45, 7) is 9.27. The maximum atomic E-state index is 14.3. The van der Waals surface area contributed by atoms with E-state index in [4.69, 9.17) is 4.74 Å². The van der Waals surface area contributed by atoms with Crippen molar-refractivity contribution in [3.05, 3.63) is 75.9 Å². The second-order valence-corrected chi connectivity index (χ2v) is 13.6. The van der Waals surface area contributed by atoms with Gasteiger partial charge in [-0.25, -0.2) is 0 Å². The average Bonchev–Trinajstić information content (AvgIpc) is 3.32. The van der Waals surface area contributed by atoms with Crippen molar-refractivity contribution in [2.75, 3.05) is 7.05 Å². The molecule has 3 amide bonds. The number of aromatic amines is 1. The number of carbonyl (C=O) groups excluding carboxylic acids is 4. The van der Waals surface area contributed by atoms with E-state index in [1.54, 1.807) is 26.1 Å². The molecule has 0 saturated carbocycles. The van der Waals surface area contributed by atoms with Gasteiger partial charge in [0.2, 0.25) is 17.7 Å². The van der Waals surface area contributed by atoms with Crippen LogP contribution in [0.1, 0.15) is 71.0 Å². The Morgan fingerprint density at radius 2 is 1.62 bits per heavy atom. The summed E-state index contributed by atoms with van der Waals surface area (Å²) in [5, 5.41) is 16.7. The standard InChI is InChI=1S/C36H45BrN4O6/c1-20-15-21(2)17-23(4)47-32(43)19-30(25-11-13-26(42)14-12-25)40-35(45)31(18-28-27-9-7-8-10-29(27)39-33(28)37)41(6)36(46)24(5)38-34(44)22(3)16-20/h7-15,21-24,30-31,39,42H,16-19H2,1-6H3,(H,38,44)(H,40,45)/b20-15+/t21-,22-,23-,24-,30+,31+/m0/s1. The quantitative estimate of drug-likeness (QED) is 0.203. The Morgan fingerprint density at radius 1 is 0.936 bits per heavy atom. The number of aromatic hydroxyl groups is 1. The van der Waals surface area contributed by atoms with Crippen LogP contribution in [0.15, 0.2) is 64.8 Å². The Morgan fingerprint density at radius 3 is 2.32 bits per heavy atom. The van der Waals surface area contributed by atoms with E-state index in [-0.39, 0.29) is 36.3 Å². The molecule has 4 N–H and O–H groups in total. The third-order valence-electron chi connectivity index (χ3n) is 8.67. The molecule has 0 aliphatic carbocycles. The van der Waals surface area contributed by atoms with Crippen molar-refractivity contribution < 1.29 is 29.0 Å². The molecule has 10 nitrogen and oxygen atoms in total. The number of phenols is 1. The number of nitrogens with zero attached hydrogens (tertiary/aromatic N) is 1. The van der Waals surface area contributed by atoms with Crippen LogP contribution in [0.5, 0.6) is 5.75 Å². The van der Waals surface area contributed by atoms with Gasteiger partial charge in [0.25, 0.3) is 0 Å². The van der Waals surface area contributed by atoms with Crippen LogP contribution < -0.4 is 10.6 Å². The van der Waals surface area contributed by atoms with Crippen LogP contribution in [-0.2, 0) is 30.3 Å². The lowest BCUT2D eigenvalue weighted by atomic mass is 9.95. The molecule has 11 heteroatoms. The van der Waals surface area contributed by atoms with Crippen LogP contribution in [0.25, 0.3) is 10.9 Å². The van der Waals surface area contributed by atoms with E-state index >= 15 is 0 Å². The van der Waals surface area contributed by atoms with Gasteiger partial charge in [0.15, 0.2) is 0 Å².